The summed E-state index contributed by atoms with van der Waals surface area (Å²) in [6.45, 7) is 2.21. The minimum absolute atomic E-state index is 0.0277. The number of nitrogens with zero attached hydrogens (tertiary/aromatic N) is 2. The van der Waals surface area contributed by atoms with Crippen molar-refractivity contribution in [3.8, 4) is 5.75 Å². The van der Waals surface area contributed by atoms with E-state index in [1.54, 1.807) is 13.0 Å². The fourth-order valence-electron chi connectivity index (χ4n) is 2.81. The quantitative estimate of drug-likeness (QED) is 0.374. The van der Waals surface area contributed by atoms with Crippen LogP contribution in [0.1, 0.15) is 17.3 Å². The number of sulfonamides is 1. The van der Waals surface area contributed by atoms with Gasteiger partial charge in [0.05, 0.1) is 32.7 Å². The van der Waals surface area contributed by atoms with Crippen molar-refractivity contribution in [2.24, 2.45) is 0 Å². The van der Waals surface area contributed by atoms with Crippen LogP contribution in [0.15, 0.2) is 77.7 Å². The first kappa shape index (κ1) is 22.3. The zero-order valence-electron chi connectivity index (χ0n) is 16.3. The van der Waals surface area contributed by atoms with Crippen molar-refractivity contribution in [3.05, 3.63) is 93.5 Å². The summed E-state index contributed by atoms with van der Waals surface area (Å²) in [7, 11) is -4.36. The summed E-state index contributed by atoms with van der Waals surface area (Å²) in [6.07, 6.45) is 0. The summed E-state index contributed by atoms with van der Waals surface area (Å²) in [6, 6.07) is 16.5. The standard InChI is InChI=1S/C21H17ClN2O6S/c1-2-30-17-11-8-15(9-12-17)23(31(28,29)18-6-4-3-5-7-18)21(25)19-14-16(24(26)27)10-13-20(19)22/h3-14H,2H2,1H3. The van der Waals surface area contributed by atoms with Crippen molar-refractivity contribution in [2.75, 3.05) is 10.9 Å². The van der Waals surface area contributed by atoms with Crippen LogP contribution in [0.25, 0.3) is 0 Å². The molecule has 0 N–H and O–H groups in total. The summed E-state index contributed by atoms with van der Waals surface area (Å²) in [4.78, 5) is 23.7. The third-order valence-electron chi connectivity index (χ3n) is 4.24. The summed E-state index contributed by atoms with van der Waals surface area (Å²) in [5, 5.41) is 11.0. The number of carbonyl (C=O) groups excluding carboxylic acids is 1. The van der Waals surface area contributed by atoms with Gasteiger partial charge in [-0.05, 0) is 49.4 Å². The van der Waals surface area contributed by atoms with E-state index in [2.05, 4.69) is 0 Å². The van der Waals surface area contributed by atoms with Crippen LogP contribution in [-0.4, -0.2) is 25.9 Å². The fourth-order valence-corrected chi connectivity index (χ4v) is 4.43. The second-order valence-electron chi connectivity index (χ2n) is 6.24. The average molecular weight is 461 g/mol. The third-order valence-corrected chi connectivity index (χ3v) is 6.29. The summed E-state index contributed by atoms with van der Waals surface area (Å²) in [5.41, 5.74) is -0.680. The predicted molar refractivity (Wildman–Crippen MR) is 116 cm³/mol. The van der Waals surface area contributed by atoms with E-state index in [0.29, 0.717) is 16.7 Å². The molecule has 8 nitrogen and oxygen atoms in total. The minimum atomic E-state index is -4.36. The molecule has 10 heteroatoms. The van der Waals surface area contributed by atoms with E-state index in [0.717, 1.165) is 12.1 Å². The molecule has 160 valence electrons. The van der Waals surface area contributed by atoms with Gasteiger partial charge in [-0.2, -0.15) is 4.31 Å². The Labute approximate surface area is 183 Å². The average Bonchev–Trinajstić information content (AvgIpc) is 2.76. The Morgan fingerprint density at radius 1 is 1.06 bits per heavy atom. The van der Waals surface area contributed by atoms with E-state index in [1.165, 1.54) is 54.6 Å². The normalized spacial score (nSPS) is 11.0. The van der Waals surface area contributed by atoms with Crippen LogP contribution in [0, 0.1) is 10.1 Å². The number of ether oxygens (including phenoxy) is 1. The number of nitro benzene ring substituents is 1. The number of carbonyl (C=O) groups is 1. The third kappa shape index (κ3) is 4.68. The molecule has 3 aromatic rings. The van der Waals surface area contributed by atoms with E-state index in [1.807, 2.05) is 0 Å². The number of hydrogen-bond donors (Lipinski definition) is 0. The van der Waals surface area contributed by atoms with Crippen LogP contribution in [-0.2, 0) is 10.0 Å². The summed E-state index contributed by atoms with van der Waals surface area (Å²) < 4.78 is 32.7. The number of halogens is 1. The lowest BCUT2D eigenvalue weighted by Crippen LogP contribution is -2.37. The number of amides is 1. The van der Waals surface area contributed by atoms with Crippen molar-refractivity contribution in [1.82, 2.24) is 0 Å². The maximum absolute atomic E-state index is 13.4. The van der Waals surface area contributed by atoms with Gasteiger partial charge in [-0.1, -0.05) is 29.8 Å². The molecule has 0 bridgehead atoms. The van der Waals surface area contributed by atoms with E-state index < -0.39 is 26.5 Å². The maximum Gasteiger partial charge on any atom is 0.274 e. The van der Waals surface area contributed by atoms with Crippen LogP contribution in [0.5, 0.6) is 5.75 Å². The number of rotatable bonds is 7. The highest BCUT2D eigenvalue weighted by molar-refractivity contribution is 7.93. The number of benzene rings is 3. The largest absolute Gasteiger partial charge is 0.494 e. The SMILES string of the molecule is CCOc1ccc(N(C(=O)c2cc([N+](=O)[O-])ccc2Cl)S(=O)(=O)c2ccccc2)cc1. The molecule has 0 aliphatic heterocycles. The van der Waals surface area contributed by atoms with Gasteiger partial charge in [-0.25, -0.2) is 8.42 Å². The molecule has 0 aromatic heterocycles. The second-order valence-corrected chi connectivity index (χ2v) is 8.43. The summed E-state index contributed by atoms with van der Waals surface area (Å²) >= 11 is 6.10. The van der Waals surface area contributed by atoms with Crippen molar-refractivity contribution >= 4 is 38.9 Å². The van der Waals surface area contributed by atoms with Gasteiger partial charge in [0.25, 0.3) is 21.6 Å². The number of hydrogen-bond acceptors (Lipinski definition) is 6. The van der Waals surface area contributed by atoms with Crippen LogP contribution < -0.4 is 9.04 Å². The highest BCUT2D eigenvalue weighted by Crippen LogP contribution is 2.31. The van der Waals surface area contributed by atoms with Gasteiger partial charge >= 0.3 is 0 Å². The molecule has 0 atom stereocenters. The predicted octanol–water partition coefficient (Wildman–Crippen LogP) is 4.68. The van der Waals surface area contributed by atoms with Crippen molar-refractivity contribution in [3.63, 3.8) is 0 Å². The van der Waals surface area contributed by atoms with Gasteiger partial charge < -0.3 is 4.74 Å². The van der Waals surface area contributed by atoms with Gasteiger partial charge in [-0.15, -0.1) is 0 Å². The number of anilines is 1. The van der Waals surface area contributed by atoms with Crippen molar-refractivity contribution in [1.29, 1.82) is 0 Å². The van der Waals surface area contributed by atoms with Crippen LogP contribution in [0.3, 0.4) is 0 Å². The Morgan fingerprint density at radius 3 is 2.29 bits per heavy atom. The monoisotopic (exact) mass is 460 g/mol. The van der Waals surface area contributed by atoms with Crippen LogP contribution in [0.2, 0.25) is 5.02 Å². The van der Waals surface area contributed by atoms with Crippen LogP contribution >= 0.6 is 11.6 Å². The maximum atomic E-state index is 13.4. The van der Waals surface area contributed by atoms with Gasteiger partial charge in [0.15, 0.2) is 0 Å². The first-order chi connectivity index (χ1) is 14.8. The number of non-ortho nitro benzene ring substituents is 1. The Bertz CT molecular complexity index is 1210. The molecule has 0 unspecified atom stereocenters. The van der Waals surface area contributed by atoms with E-state index in [4.69, 9.17) is 16.3 Å². The minimum Gasteiger partial charge on any atom is -0.494 e. The molecule has 0 aliphatic carbocycles. The first-order valence-electron chi connectivity index (χ1n) is 9.07. The van der Waals surface area contributed by atoms with Gasteiger partial charge in [0.1, 0.15) is 5.75 Å². The topological polar surface area (TPSA) is 107 Å². The summed E-state index contributed by atoms with van der Waals surface area (Å²) in [5.74, 6) is -0.536. The molecule has 0 aliphatic rings. The van der Waals surface area contributed by atoms with E-state index in [9.17, 15) is 23.3 Å². The lowest BCUT2D eigenvalue weighted by Gasteiger charge is -2.23. The van der Waals surface area contributed by atoms with E-state index >= 15 is 0 Å². The Hall–Kier alpha value is -3.43. The van der Waals surface area contributed by atoms with E-state index in [-0.39, 0.29) is 21.2 Å². The highest BCUT2D eigenvalue weighted by Gasteiger charge is 2.33. The molecule has 3 aromatic carbocycles. The highest BCUT2D eigenvalue weighted by atomic mass is 35.5. The molecule has 0 saturated carbocycles. The molecule has 0 radical (unpaired) electrons. The van der Waals surface area contributed by atoms with Crippen LogP contribution in [0.4, 0.5) is 11.4 Å². The molecule has 0 heterocycles. The van der Waals surface area contributed by atoms with Gasteiger partial charge in [-0.3, -0.25) is 14.9 Å². The lowest BCUT2D eigenvalue weighted by atomic mass is 10.2. The molecular formula is C21H17ClN2O6S. The van der Waals surface area contributed by atoms with Gasteiger partial charge in [0, 0.05) is 12.1 Å². The Morgan fingerprint density at radius 2 is 1.71 bits per heavy atom. The Kier molecular flexibility index (Phi) is 6.57. The molecular weight excluding hydrogens is 444 g/mol. The molecule has 0 saturated heterocycles. The molecule has 0 spiro atoms. The van der Waals surface area contributed by atoms with Crippen molar-refractivity contribution < 1.29 is 22.9 Å². The van der Waals surface area contributed by atoms with Gasteiger partial charge in [0.2, 0.25) is 0 Å². The second kappa shape index (κ2) is 9.15. The zero-order chi connectivity index (χ0) is 22.6. The lowest BCUT2D eigenvalue weighted by molar-refractivity contribution is -0.384. The first-order valence-corrected chi connectivity index (χ1v) is 10.9. The van der Waals surface area contributed by atoms with Crippen molar-refractivity contribution in [2.45, 2.75) is 11.8 Å². The molecule has 1 amide bonds. The fraction of sp³-hybridized carbons (Fsp3) is 0.0952. The molecule has 0 fully saturated rings. The zero-order valence-corrected chi connectivity index (χ0v) is 17.8. The number of nitro groups is 1. The Balaban J connectivity index is 2.18. The smallest absolute Gasteiger partial charge is 0.274 e. The molecule has 3 rings (SSSR count). The molecule has 31 heavy (non-hydrogen) atoms.